The number of hydrogen-bond donors (Lipinski definition) is 1. The lowest BCUT2D eigenvalue weighted by Gasteiger charge is -2.33. The van der Waals surface area contributed by atoms with Crippen LogP contribution in [0.2, 0.25) is 0 Å². The third-order valence-corrected chi connectivity index (χ3v) is 7.74. The molecule has 0 spiro atoms. The monoisotopic (exact) mass is 371 g/mol. The van der Waals surface area contributed by atoms with E-state index < -0.39 is 10.0 Å². The quantitative estimate of drug-likeness (QED) is 0.876. The predicted molar refractivity (Wildman–Crippen MR) is 91.2 cm³/mol. The highest BCUT2D eigenvalue weighted by Gasteiger charge is 2.35. The van der Waals surface area contributed by atoms with E-state index in [2.05, 4.69) is 10.3 Å². The number of nitrogens with one attached hydrogen (secondary N) is 1. The number of rotatable bonds is 5. The van der Waals surface area contributed by atoms with E-state index in [0.717, 1.165) is 12.8 Å². The van der Waals surface area contributed by atoms with Crippen LogP contribution in [-0.2, 0) is 14.8 Å². The first kappa shape index (κ1) is 16.6. The third-order valence-electron chi connectivity index (χ3n) is 3.73. The van der Waals surface area contributed by atoms with Crippen LogP contribution < -0.4 is 5.32 Å². The Balaban J connectivity index is 1.73. The largest absolute Gasteiger partial charge is 0.302 e. The van der Waals surface area contributed by atoms with Crippen LogP contribution in [0, 0.1) is 0 Å². The molecule has 2 aromatic rings. The summed E-state index contributed by atoms with van der Waals surface area (Å²) in [4.78, 5) is 16.2. The summed E-state index contributed by atoms with van der Waals surface area (Å²) in [6.07, 6.45) is 4.25. The molecule has 6 nitrogen and oxygen atoms in total. The Kier molecular flexibility index (Phi) is 5.10. The minimum Gasteiger partial charge on any atom is -0.302 e. The topological polar surface area (TPSA) is 79.4 Å². The lowest BCUT2D eigenvalue weighted by atomic mass is 10.0. The maximum Gasteiger partial charge on any atom is 0.252 e. The summed E-state index contributed by atoms with van der Waals surface area (Å²) in [5.74, 6) is -0.196. The summed E-state index contributed by atoms with van der Waals surface area (Å²) in [5, 5.41) is 6.80. The fraction of sp³-hybridized carbons (Fsp3) is 0.429. The highest BCUT2D eigenvalue weighted by atomic mass is 32.2. The van der Waals surface area contributed by atoms with Gasteiger partial charge in [0, 0.05) is 30.6 Å². The number of piperidine rings is 1. The molecule has 1 aliphatic heterocycles. The first-order valence-electron chi connectivity index (χ1n) is 7.32. The van der Waals surface area contributed by atoms with Gasteiger partial charge in [-0.15, -0.1) is 22.7 Å². The van der Waals surface area contributed by atoms with Crippen molar-refractivity contribution in [1.82, 2.24) is 9.29 Å². The number of amides is 1. The number of anilines is 1. The molecule has 2 aromatic heterocycles. The summed E-state index contributed by atoms with van der Waals surface area (Å²) < 4.78 is 27.3. The number of carbonyl (C=O) groups is 1. The van der Waals surface area contributed by atoms with Gasteiger partial charge in [-0.1, -0.05) is 12.5 Å². The summed E-state index contributed by atoms with van der Waals surface area (Å²) in [6.45, 7) is 0.468. The van der Waals surface area contributed by atoms with Crippen LogP contribution >= 0.6 is 22.7 Å². The van der Waals surface area contributed by atoms with Crippen molar-refractivity contribution >= 4 is 43.7 Å². The van der Waals surface area contributed by atoms with Gasteiger partial charge in [0.2, 0.25) is 5.91 Å². The molecule has 0 aromatic carbocycles. The highest BCUT2D eigenvalue weighted by Crippen LogP contribution is 2.29. The number of sulfonamides is 1. The smallest absolute Gasteiger partial charge is 0.252 e. The van der Waals surface area contributed by atoms with Gasteiger partial charge in [0.25, 0.3) is 10.0 Å². The Morgan fingerprint density at radius 3 is 2.91 bits per heavy atom. The number of thiazole rings is 1. The van der Waals surface area contributed by atoms with E-state index in [0.29, 0.717) is 22.3 Å². The molecule has 0 bridgehead atoms. The number of nitrogens with zero attached hydrogens (tertiary/aromatic N) is 2. The van der Waals surface area contributed by atoms with Crippen molar-refractivity contribution in [3.63, 3.8) is 0 Å². The molecule has 3 heterocycles. The van der Waals surface area contributed by atoms with E-state index in [1.165, 1.54) is 27.0 Å². The fourth-order valence-electron chi connectivity index (χ4n) is 2.69. The normalized spacial score (nSPS) is 19.6. The molecule has 9 heteroatoms. The predicted octanol–water partition coefficient (Wildman–Crippen LogP) is 2.78. The zero-order chi connectivity index (χ0) is 16.3. The lowest BCUT2D eigenvalue weighted by Crippen LogP contribution is -2.45. The van der Waals surface area contributed by atoms with Gasteiger partial charge in [0.15, 0.2) is 5.13 Å². The minimum atomic E-state index is -3.52. The van der Waals surface area contributed by atoms with Gasteiger partial charge in [-0.3, -0.25) is 4.79 Å². The highest BCUT2D eigenvalue weighted by molar-refractivity contribution is 7.91. The lowest BCUT2D eigenvalue weighted by molar-refractivity contribution is -0.117. The number of hydrogen-bond acceptors (Lipinski definition) is 6. The zero-order valence-electron chi connectivity index (χ0n) is 12.3. The SMILES string of the molecule is O=C(CC1CCCCN1S(=O)(=O)c1cccs1)Nc1nccs1. The van der Waals surface area contributed by atoms with Gasteiger partial charge in [-0.05, 0) is 24.3 Å². The van der Waals surface area contributed by atoms with Gasteiger partial charge in [0.1, 0.15) is 4.21 Å². The molecule has 1 amide bonds. The zero-order valence-corrected chi connectivity index (χ0v) is 14.8. The Morgan fingerprint density at radius 2 is 2.22 bits per heavy atom. The van der Waals surface area contributed by atoms with Crippen molar-refractivity contribution in [1.29, 1.82) is 0 Å². The van der Waals surface area contributed by atoms with Crippen LogP contribution in [0.4, 0.5) is 5.13 Å². The van der Waals surface area contributed by atoms with Gasteiger partial charge in [-0.25, -0.2) is 13.4 Å². The molecule has 0 radical (unpaired) electrons. The molecule has 1 saturated heterocycles. The second-order valence-electron chi connectivity index (χ2n) is 5.29. The third kappa shape index (κ3) is 3.79. The minimum absolute atomic E-state index is 0.157. The second-order valence-corrected chi connectivity index (χ2v) is 9.25. The van der Waals surface area contributed by atoms with Crippen molar-refractivity contribution in [2.75, 3.05) is 11.9 Å². The van der Waals surface area contributed by atoms with Crippen LogP contribution in [0.1, 0.15) is 25.7 Å². The summed E-state index contributed by atoms with van der Waals surface area (Å²) in [7, 11) is -3.52. The van der Waals surface area contributed by atoms with Gasteiger partial charge >= 0.3 is 0 Å². The van der Waals surface area contributed by atoms with Crippen LogP contribution in [-0.4, -0.2) is 36.2 Å². The standard InChI is InChI=1S/C14H17N3O3S3/c18-12(16-14-15-6-9-22-14)10-11-4-1-2-7-17(11)23(19,20)13-5-3-8-21-13/h3,5-6,8-9,11H,1-2,4,7,10H2,(H,15,16,18). The molecule has 0 saturated carbocycles. The van der Waals surface area contributed by atoms with E-state index >= 15 is 0 Å². The maximum atomic E-state index is 12.8. The molecule has 1 atom stereocenters. The van der Waals surface area contributed by atoms with E-state index in [4.69, 9.17) is 0 Å². The number of aromatic nitrogens is 1. The van der Waals surface area contributed by atoms with Crippen molar-refractivity contribution in [3.05, 3.63) is 29.1 Å². The Morgan fingerprint density at radius 1 is 1.35 bits per heavy atom. The second kappa shape index (κ2) is 7.08. The van der Waals surface area contributed by atoms with Gasteiger partial charge in [0.05, 0.1) is 0 Å². The van der Waals surface area contributed by atoms with E-state index in [1.54, 1.807) is 29.1 Å². The molecule has 1 unspecified atom stereocenters. The Labute approximate surface area is 143 Å². The summed E-state index contributed by atoms with van der Waals surface area (Å²) >= 11 is 2.55. The molecule has 0 aliphatic carbocycles. The average molecular weight is 372 g/mol. The number of thiophene rings is 1. The molecule has 124 valence electrons. The first-order chi connectivity index (χ1) is 11.1. The van der Waals surface area contributed by atoms with E-state index in [-0.39, 0.29) is 18.4 Å². The molecular weight excluding hydrogens is 354 g/mol. The van der Waals surface area contributed by atoms with Gasteiger partial charge < -0.3 is 5.32 Å². The van der Waals surface area contributed by atoms with Crippen molar-refractivity contribution in [2.45, 2.75) is 35.9 Å². The van der Waals surface area contributed by atoms with Crippen LogP contribution in [0.25, 0.3) is 0 Å². The Bertz CT molecular complexity index is 742. The molecule has 1 aliphatic rings. The molecule has 23 heavy (non-hydrogen) atoms. The molecular formula is C14H17N3O3S3. The summed E-state index contributed by atoms with van der Waals surface area (Å²) in [5.41, 5.74) is 0. The van der Waals surface area contributed by atoms with E-state index in [1.807, 2.05) is 0 Å². The van der Waals surface area contributed by atoms with Crippen molar-refractivity contribution in [2.24, 2.45) is 0 Å². The maximum absolute atomic E-state index is 12.8. The van der Waals surface area contributed by atoms with Crippen molar-refractivity contribution in [3.8, 4) is 0 Å². The molecule has 1 fully saturated rings. The van der Waals surface area contributed by atoms with Crippen molar-refractivity contribution < 1.29 is 13.2 Å². The van der Waals surface area contributed by atoms with E-state index in [9.17, 15) is 13.2 Å². The summed E-state index contributed by atoms with van der Waals surface area (Å²) in [6, 6.07) is 3.04. The van der Waals surface area contributed by atoms with Crippen LogP contribution in [0.3, 0.4) is 0 Å². The first-order valence-corrected chi connectivity index (χ1v) is 10.5. The fourth-order valence-corrected chi connectivity index (χ4v) is 6.05. The Hall–Kier alpha value is -1.29. The van der Waals surface area contributed by atoms with Gasteiger partial charge in [-0.2, -0.15) is 4.31 Å². The van der Waals surface area contributed by atoms with Crippen LogP contribution in [0.5, 0.6) is 0 Å². The van der Waals surface area contributed by atoms with Crippen LogP contribution in [0.15, 0.2) is 33.3 Å². The number of carbonyl (C=O) groups excluding carboxylic acids is 1. The average Bonchev–Trinajstić information content (AvgIpc) is 3.21. The molecule has 1 N–H and O–H groups in total. The molecule has 3 rings (SSSR count).